The van der Waals surface area contributed by atoms with Crippen molar-refractivity contribution >= 4 is 16.8 Å². The molecule has 11 heavy (non-hydrogen) atoms. The average molecular weight is 169 g/mol. The molecule has 0 atom stereocenters. The Balaban J connectivity index is 3.23. The molecule has 0 unspecified atom stereocenters. The van der Waals surface area contributed by atoms with Crippen molar-refractivity contribution in [2.75, 3.05) is 0 Å². The molecule has 0 aromatic heterocycles. The van der Waals surface area contributed by atoms with Crippen LogP contribution in [0.25, 0.3) is 0 Å². The van der Waals surface area contributed by atoms with Gasteiger partial charge in [0.15, 0.2) is 0 Å². The fourth-order valence-electron chi connectivity index (χ4n) is 0.948. The van der Waals surface area contributed by atoms with Crippen molar-refractivity contribution in [2.45, 2.75) is 13.8 Å². The van der Waals surface area contributed by atoms with E-state index >= 15 is 0 Å². The largest absolute Gasteiger partial charge is 0.276 e. The third-order valence-electron chi connectivity index (χ3n) is 1.60. The van der Waals surface area contributed by atoms with Crippen LogP contribution in [0.4, 0.5) is 0 Å². The highest BCUT2D eigenvalue weighted by Crippen LogP contribution is 2.12. The topological polar surface area (TPSA) is 17.1 Å². The summed E-state index contributed by atoms with van der Waals surface area (Å²) >= 11 is 5.34. The zero-order valence-corrected chi connectivity index (χ0v) is 7.27. The molecule has 0 heterocycles. The predicted molar refractivity (Wildman–Crippen MR) is 46.1 cm³/mol. The summed E-state index contributed by atoms with van der Waals surface area (Å²) in [5, 5.41) is -0.383. The second-order valence-corrected chi connectivity index (χ2v) is 2.94. The highest BCUT2D eigenvalue weighted by Gasteiger charge is 2.04. The number of halogens is 1. The Morgan fingerprint density at radius 3 is 2.45 bits per heavy atom. The normalized spacial score (nSPS) is 9.73. The minimum atomic E-state index is -0.383. The van der Waals surface area contributed by atoms with Crippen molar-refractivity contribution in [3.63, 3.8) is 0 Å². The van der Waals surface area contributed by atoms with E-state index in [1.54, 1.807) is 6.07 Å². The summed E-state index contributed by atoms with van der Waals surface area (Å²) in [6.45, 7) is 3.80. The SMILES string of the molecule is Cc1ccc(C)c(C(=O)Cl)c1. The lowest BCUT2D eigenvalue weighted by molar-refractivity contribution is 0.108. The number of hydrogen-bond donors (Lipinski definition) is 0. The van der Waals surface area contributed by atoms with E-state index in [0.717, 1.165) is 11.1 Å². The van der Waals surface area contributed by atoms with Gasteiger partial charge in [-0.05, 0) is 37.1 Å². The van der Waals surface area contributed by atoms with E-state index in [1.807, 2.05) is 26.0 Å². The fraction of sp³-hybridized carbons (Fsp3) is 0.222. The van der Waals surface area contributed by atoms with Crippen LogP contribution in [-0.2, 0) is 0 Å². The van der Waals surface area contributed by atoms with Gasteiger partial charge < -0.3 is 0 Å². The number of hydrogen-bond acceptors (Lipinski definition) is 1. The molecule has 0 aliphatic carbocycles. The van der Waals surface area contributed by atoms with Crippen molar-refractivity contribution in [1.82, 2.24) is 0 Å². The van der Waals surface area contributed by atoms with Crippen LogP contribution in [0, 0.1) is 13.8 Å². The second kappa shape index (κ2) is 3.05. The number of benzene rings is 1. The number of carbonyl (C=O) groups excluding carboxylic acids is 1. The molecule has 1 aromatic carbocycles. The summed E-state index contributed by atoms with van der Waals surface area (Å²) in [6, 6.07) is 5.65. The zero-order valence-electron chi connectivity index (χ0n) is 6.52. The molecule has 0 amide bonds. The standard InChI is InChI=1S/C9H9ClO/c1-6-3-4-7(2)8(5-6)9(10)11/h3-5H,1-2H3. The van der Waals surface area contributed by atoms with Crippen LogP contribution < -0.4 is 0 Å². The van der Waals surface area contributed by atoms with Crippen molar-refractivity contribution in [2.24, 2.45) is 0 Å². The van der Waals surface area contributed by atoms with Gasteiger partial charge in [-0.15, -0.1) is 0 Å². The first kappa shape index (κ1) is 8.28. The third kappa shape index (κ3) is 1.81. The highest BCUT2D eigenvalue weighted by molar-refractivity contribution is 6.67. The van der Waals surface area contributed by atoms with Gasteiger partial charge in [-0.25, -0.2) is 0 Å². The lowest BCUT2D eigenvalue weighted by Gasteiger charge is -2.00. The Kier molecular flexibility index (Phi) is 2.30. The molecule has 0 spiro atoms. The molecule has 1 aromatic rings. The number of aryl methyl sites for hydroxylation is 2. The van der Waals surface area contributed by atoms with E-state index in [4.69, 9.17) is 11.6 Å². The Morgan fingerprint density at radius 2 is 2.00 bits per heavy atom. The van der Waals surface area contributed by atoms with Gasteiger partial charge in [-0.2, -0.15) is 0 Å². The smallest absolute Gasteiger partial charge is 0.252 e. The number of rotatable bonds is 1. The van der Waals surface area contributed by atoms with Crippen LogP contribution in [0.5, 0.6) is 0 Å². The highest BCUT2D eigenvalue weighted by atomic mass is 35.5. The van der Waals surface area contributed by atoms with Crippen molar-refractivity contribution in [3.05, 3.63) is 34.9 Å². The Hall–Kier alpha value is -0.820. The molecule has 0 aliphatic rings. The summed E-state index contributed by atoms with van der Waals surface area (Å²) in [7, 11) is 0. The van der Waals surface area contributed by atoms with E-state index in [1.165, 1.54) is 0 Å². The number of carbonyl (C=O) groups is 1. The van der Waals surface area contributed by atoms with Crippen LogP contribution in [0.1, 0.15) is 21.5 Å². The van der Waals surface area contributed by atoms with Gasteiger partial charge in [0.1, 0.15) is 0 Å². The van der Waals surface area contributed by atoms with Crippen LogP contribution >= 0.6 is 11.6 Å². The van der Waals surface area contributed by atoms with E-state index < -0.39 is 0 Å². The van der Waals surface area contributed by atoms with Gasteiger partial charge in [0, 0.05) is 5.56 Å². The monoisotopic (exact) mass is 168 g/mol. The lowest BCUT2D eigenvalue weighted by atomic mass is 10.1. The minimum Gasteiger partial charge on any atom is -0.276 e. The molecule has 0 radical (unpaired) electrons. The molecule has 58 valence electrons. The molecule has 0 saturated heterocycles. The quantitative estimate of drug-likeness (QED) is 0.590. The maximum Gasteiger partial charge on any atom is 0.252 e. The van der Waals surface area contributed by atoms with E-state index in [2.05, 4.69) is 0 Å². The molecule has 1 nitrogen and oxygen atoms in total. The van der Waals surface area contributed by atoms with Crippen LogP contribution in [-0.4, -0.2) is 5.24 Å². The fourth-order valence-corrected chi connectivity index (χ4v) is 1.15. The lowest BCUT2D eigenvalue weighted by Crippen LogP contribution is -1.93. The molecular formula is C9H9ClO. The molecule has 2 heteroatoms. The Labute approximate surface area is 71.0 Å². The van der Waals surface area contributed by atoms with Crippen LogP contribution in [0.2, 0.25) is 0 Å². The van der Waals surface area contributed by atoms with Gasteiger partial charge in [-0.1, -0.05) is 17.7 Å². The first-order valence-corrected chi connectivity index (χ1v) is 3.76. The molecule has 0 bridgehead atoms. The maximum absolute atomic E-state index is 10.8. The van der Waals surface area contributed by atoms with Gasteiger partial charge in [-0.3, -0.25) is 4.79 Å². The van der Waals surface area contributed by atoms with E-state index in [0.29, 0.717) is 5.56 Å². The van der Waals surface area contributed by atoms with Crippen molar-refractivity contribution in [3.8, 4) is 0 Å². The molecular weight excluding hydrogens is 160 g/mol. The summed E-state index contributed by atoms with van der Waals surface area (Å²) in [4.78, 5) is 10.8. The van der Waals surface area contributed by atoms with Crippen LogP contribution in [0.3, 0.4) is 0 Å². The van der Waals surface area contributed by atoms with E-state index in [-0.39, 0.29) is 5.24 Å². The van der Waals surface area contributed by atoms with Gasteiger partial charge in [0.2, 0.25) is 0 Å². The van der Waals surface area contributed by atoms with Crippen molar-refractivity contribution < 1.29 is 4.79 Å². The second-order valence-electron chi connectivity index (χ2n) is 2.59. The summed E-state index contributed by atoms with van der Waals surface area (Å²) in [5.41, 5.74) is 2.59. The molecule has 0 aliphatic heterocycles. The van der Waals surface area contributed by atoms with Gasteiger partial charge >= 0.3 is 0 Å². The Bertz CT molecular complexity index is 292. The molecule has 0 saturated carbocycles. The summed E-state index contributed by atoms with van der Waals surface area (Å²) < 4.78 is 0. The molecule has 0 fully saturated rings. The third-order valence-corrected chi connectivity index (χ3v) is 1.81. The van der Waals surface area contributed by atoms with Crippen LogP contribution in [0.15, 0.2) is 18.2 Å². The first-order chi connectivity index (χ1) is 5.11. The van der Waals surface area contributed by atoms with E-state index in [9.17, 15) is 4.79 Å². The van der Waals surface area contributed by atoms with Gasteiger partial charge in [0.05, 0.1) is 0 Å². The summed E-state index contributed by atoms with van der Waals surface area (Å²) in [5.74, 6) is 0. The average Bonchev–Trinajstić information content (AvgIpc) is 1.94. The minimum absolute atomic E-state index is 0.383. The zero-order chi connectivity index (χ0) is 8.43. The maximum atomic E-state index is 10.8. The molecule has 1 rings (SSSR count). The van der Waals surface area contributed by atoms with Gasteiger partial charge in [0.25, 0.3) is 5.24 Å². The Morgan fingerprint density at radius 1 is 1.36 bits per heavy atom. The summed E-state index contributed by atoms with van der Waals surface area (Å²) in [6.07, 6.45) is 0. The first-order valence-electron chi connectivity index (χ1n) is 3.38. The molecule has 0 N–H and O–H groups in total. The predicted octanol–water partition coefficient (Wildman–Crippen LogP) is 2.68. The van der Waals surface area contributed by atoms with Crippen molar-refractivity contribution in [1.29, 1.82) is 0 Å².